The number of fused-ring (bicyclic) bond motifs is 5. The summed E-state index contributed by atoms with van der Waals surface area (Å²) >= 11 is 0. The molecule has 66 heavy (non-hydrogen) atoms. The molecule has 5 atom stereocenters. The molecule has 10 nitrogen and oxygen atoms in total. The van der Waals surface area contributed by atoms with Gasteiger partial charge in [-0.15, -0.1) is 17.0 Å². The number of nitrogens with zero attached hydrogens (tertiary/aromatic N) is 4. The molecule has 0 saturated heterocycles. The number of hydrogen-bond acceptors (Lipinski definition) is 9. The van der Waals surface area contributed by atoms with E-state index in [1.807, 2.05) is 45.9 Å². The average molecular weight is 907 g/mol. The molecule has 1 aromatic rings. The first-order valence-corrected chi connectivity index (χ1v) is 24.0. The van der Waals surface area contributed by atoms with Gasteiger partial charge in [0.15, 0.2) is 5.78 Å². The van der Waals surface area contributed by atoms with Crippen LogP contribution in [0.25, 0.3) is 11.6 Å². The van der Waals surface area contributed by atoms with Gasteiger partial charge in [0, 0.05) is 40.8 Å². The van der Waals surface area contributed by atoms with Crippen LogP contribution in [-0.4, -0.2) is 71.6 Å². The molecule has 0 spiro atoms. The van der Waals surface area contributed by atoms with Crippen LogP contribution < -0.4 is 20.8 Å². The van der Waals surface area contributed by atoms with Gasteiger partial charge in [-0.3, -0.25) is 19.4 Å². The van der Waals surface area contributed by atoms with Crippen molar-refractivity contribution in [2.45, 2.75) is 139 Å². The Morgan fingerprint density at radius 1 is 0.939 bits per heavy atom. The summed E-state index contributed by atoms with van der Waals surface area (Å²) in [5, 5.41) is 13.5. The zero-order valence-electron chi connectivity index (χ0n) is 41.3. The smallest absolute Gasteiger partial charge is 0.877 e. The van der Waals surface area contributed by atoms with Gasteiger partial charge in [0.2, 0.25) is 0 Å². The molecule has 6 rings (SSSR count). The maximum absolute atomic E-state index is 14.4. The molecule has 0 radical (unpaired) electrons. The Balaban J connectivity index is 0.00000817. The van der Waals surface area contributed by atoms with Crippen LogP contribution in [0.5, 0.6) is 0 Å². The largest absolute Gasteiger partial charge is 2.00 e. The fraction of sp³-hybridized carbons (Fsp3) is 0.527. The normalized spacial score (nSPS) is 21.6. The fourth-order valence-electron chi connectivity index (χ4n) is 10.0. The van der Waals surface area contributed by atoms with Crippen LogP contribution in [0, 0.1) is 42.4 Å². The van der Waals surface area contributed by atoms with Gasteiger partial charge in [0.05, 0.1) is 29.9 Å². The van der Waals surface area contributed by atoms with E-state index < -0.39 is 17.7 Å². The van der Waals surface area contributed by atoms with Gasteiger partial charge in [-0.25, -0.2) is 9.98 Å². The first kappa shape index (κ1) is 52.4. The van der Waals surface area contributed by atoms with Crippen LogP contribution in [-0.2, 0) is 19.1 Å². The Labute approximate surface area is 408 Å². The minimum Gasteiger partial charge on any atom is -0.877 e. The number of ether oxygens (including phenoxy) is 2. The van der Waals surface area contributed by atoms with Crippen molar-refractivity contribution in [3.05, 3.63) is 104 Å². The van der Waals surface area contributed by atoms with Crippen LogP contribution in [0.4, 0.5) is 0 Å². The number of rotatable bonds is 20. The molecule has 0 amide bonds. The summed E-state index contributed by atoms with van der Waals surface area (Å²) in [6.45, 7) is 23.5. The van der Waals surface area contributed by atoms with Crippen LogP contribution in [0.2, 0.25) is 0 Å². The van der Waals surface area contributed by atoms with Gasteiger partial charge in [0.25, 0.3) is 0 Å². The standard InChI is InChI=1S/C55H72N4O6.Mg/c1-12-38-35(8)42-27-43-36(9)40(23-24-48(61)65-26-25-34(7)22-16-21-33(6)20-15-19-32(5)18-14-17-31(3)4)52(58-43)50-51(55(63)64-11)54(62)49-37(10)44(59-53(49)50)28-46-39(13-2)41(30-60)47(57-46)29-45(38)56-42;/h12,25,27-33,36,40,51H,1,13-24,26H2,2-11H3,(H2,56,57,58,59,60,62);/q;+2/p-2/b34-25-;/t32?,33?,36-,40-,51?;/m0./s1. The monoisotopic (exact) mass is 907 g/mol. The molecular formula is C55H70MgN4O6. The molecule has 0 N–H and O–H groups in total. The number of allylic oxidation sites excluding steroid dienone is 9. The van der Waals surface area contributed by atoms with Crippen molar-refractivity contribution in [3.63, 3.8) is 0 Å². The number of methoxy groups -OCH3 is 1. The molecule has 0 saturated carbocycles. The Morgan fingerprint density at radius 3 is 2.26 bits per heavy atom. The Hall–Kier alpha value is -4.61. The summed E-state index contributed by atoms with van der Waals surface area (Å²) in [4.78, 5) is 61.5. The number of carbonyl (C=O) groups is 3. The third kappa shape index (κ3) is 11.6. The minimum absolute atomic E-state index is 0. The summed E-state index contributed by atoms with van der Waals surface area (Å²) in [5.74, 6) is -0.983. The van der Waals surface area contributed by atoms with E-state index in [1.54, 1.807) is 12.2 Å². The van der Waals surface area contributed by atoms with E-state index in [1.165, 1.54) is 57.6 Å². The third-order valence-corrected chi connectivity index (χ3v) is 14.1. The molecule has 8 bridgehead atoms. The van der Waals surface area contributed by atoms with Crippen molar-refractivity contribution in [1.29, 1.82) is 0 Å². The molecule has 348 valence electrons. The van der Waals surface area contributed by atoms with Crippen LogP contribution in [0.1, 0.15) is 148 Å². The number of aliphatic imine (C=N–C) groups is 3. The molecule has 0 aromatic carbocycles. The van der Waals surface area contributed by atoms with Crippen LogP contribution in [0.15, 0.2) is 97.1 Å². The van der Waals surface area contributed by atoms with E-state index in [2.05, 4.69) is 41.2 Å². The molecule has 1 aliphatic carbocycles. The first-order valence-electron chi connectivity index (χ1n) is 24.0. The van der Waals surface area contributed by atoms with E-state index in [-0.39, 0.29) is 53.9 Å². The predicted octanol–water partition coefficient (Wildman–Crippen LogP) is 9.01. The zero-order valence-corrected chi connectivity index (χ0v) is 42.7. The van der Waals surface area contributed by atoms with Gasteiger partial charge < -0.3 is 19.6 Å². The Morgan fingerprint density at radius 2 is 1.62 bits per heavy atom. The molecule has 4 aliphatic heterocycles. The van der Waals surface area contributed by atoms with Gasteiger partial charge in [-0.2, -0.15) is 0 Å². The molecule has 1 aromatic heterocycles. The summed E-state index contributed by atoms with van der Waals surface area (Å²) in [5.41, 5.74) is 9.02. The van der Waals surface area contributed by atoms with E-state index in [9.17, 15) is 19.5 Å². The summed E-state index contributed by atoms with van der Waals surface area (Å²) < 4.78 is 11.0. The molecule has 3 unspecified atom stereocenters. The predicted molar refractivity (Wildman–Crippen MR) is 265 cm³/mol. The summed E-state index contributed by atoms with van der Waals surface area (Å²) in [6, 6.07) is 0. The SMILES string of the molecule is C=CC1=C(C)C2=NC1=CC1=NC(=C(CC)/C1=C\[O-])C=c1[n-]c3c(c1C)C(=O)C(C(=O)OC)C=3C1=NC(=C2)[C@@H](C)[C@@H]1CCC(=O)OC/C=C(/C)CCCC(C)CCCC(C)CCCC(C)C.[Mg+2]. The average Bonchev–Trinajstić information content (AvgIpc) is 4.02. The van der Waals surface area contributed by atoms with Gasteiger partial charge in [-0.1, -0.05) is 116 Å². The van der Waals surface area contributed by atoms with Gasteiger partial charge in [0.1, 0.15) is 12.5 Å². The van der Waals surface area contributed by atoms with Crippen molar-refractivity contribution in [1.82, 2.24) is 4.98 Å². The minimum atomic E-state index is -1.27. The number of Topliss-reactive ketones (excluding diaryl/α,β-unsaturated/α-hetero) is 1. The zero-order chi connectivity index (χ0) is 47.1. The number of aromatic nitrogens is 1. The Kier molecular flexibility index (Phi) is 18.6. The first-order chi connectivity index (χ1) is 31.1. The third-order valence-electron chi connectivity index (χ3n) is 14.1. The quantitative estimate of drug-likeness (QED) is 0.0418. The molecular weight excluding hydrogens is 837 g/mol. The number of hydrogen-bond donors (Lipinski definition) is 0. The van der Waals surface area contributed by atoms with E-state index in [4.69, 9.17) is 29.4 Å². The van der Waals surface area contributed by atoms with Gasteiger partial charge >= 0.3 is 35.0 Å². The van der Waals surface area contributed by atoms with Crippen molar-refractivity contribution < 1.29 is 29.0 Å². The second-order valence-electron chi connectivity index (χ2n) is 19.3. The van der Waals surface area contributed by atoms with Crippen molar-refractivity contribution >= 4 is 69.6 Å². The van der Waals surface area contributed by atoms with Crippen molar-refractivity contribution in [2.24, 2.45) is 50.5 Å². The molecule has 5 aliphatic rings. The molecule has 5 heterocycles. The van der Waals surface area contributed by atoms with E-state index in [0.29, 0.717) is 86.0 Å². The second-order valence-corrected chi connectivity index (χ2v) is 19.3. The Bertz CT molecular complexity index is 2500. The van der Waals surface area contributed by atoms with Crippen LogP contribution >= 0.6 is 0 Å². The van der Waals surface area contributed by atoms with E-state index >= 15 is 0 Å². The van der Waals surface area contributed by atoms with Crippen molar-refractivity contribution in [3.8, 4) is 0 Å². The molecule has 0 fully saturated rings. The number of esters is 2. The van der Waals surface area contributed by atoms with E-state index in [0.717, 1.165) is 47.7 Å². The van der Waals surface area contributed by atoms with Crippen LogP contribution in [0.3, 0.4) is 0 Å². The maximum Gasteiger partial charge on any atom is 2.00 e. The topological polar surface area (TPSA) is 144 Å². The maximum atomic E-state index is 14.4. The number of ketones is 1. The second kappa shape index (κ2) is 23.4. The number of carbonyl (C=O) groups excluding carboxylic acids is 3. The fourth-order valence-corrected chi connectivity index (χ4v) is 10.0. The van der Waals surface area contributed by atoms with Gasteiger partial charge in [-0.05, 0) is 105 Å². The van der Waals surface area contributed by atoms with Crippen molar-refractivity contribution in [2.75, 3.05) is 13.7 Å². The summed E-state index contributed by atoms with van der Waals surface area (Å²) in [7, 11) is 1.27. The summed E-state index contributed by atoms with van der Waals surface area (Å²) in [6.07, 6.45) is 22.3. The molecule has 11 heteroatoms.